The topological polar surface area (TPSA) is 91.8 Å². The molecule has 2 heterocycles. The lowest BCUT2D eigenvalue weighted by Crippen LogP contribution is -2.42. The van der Waals surface area contributed by atoms with Gasteiger partial charge in [0.2, 0.25) is 5.91 Å². The molecule has 0 aliphatic carbocycles. The summed E-state index contributed by atoms with van der Waals surface area (Å²) in [6, 6.07) is 9.25. The molecule has 0 radical (unpaired) electrons. The normalized spacial score (nSPS) is 22.4. The van der Waals surface area contributed by atoms with Gasteiger partial charge in [-0.05, 0) is 36.7 Å². The van der Waals surface area contributed by atoms with Crippen molar-refractivity contribution in [3.8, 4) is 0 Å². The van der Waals surface area contributed by atoms with Crippen molar-refractivity contribution < 1.29 is 22.8 Å². The number of hydrogen-bond donors (Lipinski definition) is 0. The zero-order valence-electron chi connectivity index (χ0n) is 16.7. The summed E-state index contributed by atoms with van der Waals surface area (Å²) in [4.78, 5) is 40.3. The van der Waals surface area contributed by atoms with Crippen LogP contribution in [0.3, 0.4) is 0 Å². The first-order valence-corrected chi connectivity index (χ1v) is 12.4. The van der Waals surface area contributed by atoms with E-state index in [9.17, 15) is 22.8 Å². The highest BCUT2D eigenvalue weighted by Crippen LogP contribution is 2.31. The number of thioether (sulfide) groups is 1. The molecular formula is C21H24N2O5S2. The summed E-state index contributed by atoms with van der Waals surface area (Å²) in [6.45, 7) is 2.18. The van der Waals surface area contributed by atoms with E-state index in [-0.39, 0.29) is 36.4 Å². The van der Waals surface area contributed by atoms with Crippen LogP contribution in [0.4, 0.5) is 4.79 Å². The fraction of sp³-hybridized carbons (Fsp3) is 0.381. The number of sulfone groups is 1. The lowest BCUT2D eigenvalue weighted by Gasteiger charge is -2.27. The van der Waals surface area contributed by atoms with Crippen molar-refractivity contribution in [3.05, 3.63) is 53.0 Å². The number of carbonyl (C=O) groups excluding carboxylic acids is 3. The third-order valence-electron chi connectivity index (χ3n) is 5.07. The highest BCUT2D eigenvalue weighted by atomic mass is 32.2. The maximum Gasteiger partial charge on any atom is 0.293 e. The van der Waals surface area contributed by atoms with Crippen molar-refractivity contribution in [2.45, 2.75) is 25.8 Å². The summed E-state index contributed by atoms with van der Waals surface area (Å²) in [5.74, 6) is -0.593. The smallest absolute Gasteiger partial charge is 0.293 e. The Morgan fingerprint density at radius 1 is 1.27 bits per heavy atom. The minimum absolute atomic E-state index is 0.0147. The zero-order chi connectivity index (χ0) is 21.7. The SMILES string of the molecule is CCN(C(=O)CCN1C(=O)S/C(=C/C=C/c2ccccc2)C1=O)[C@@H]1CCS(=O)(=O)C1. The van der Waals surface area contributed by atoms with E-state index in [1.54, 1.807) is 24.0 Å². The van der Waals surface area contributed by atoms with Gasteiger partial charge in [0.05, 0.1) is 16.4 Å². The summed E-state index contributed by atoms with van der Waals surface area (Å²) in [7, 11) is -3.10. The second-order valence-corrected chi connectivity index (χ2v) is 10.3. The monoisotopic (exact) mass is 448 g/mol. The van der Waals surface area contributed by atoms with Crippen LogP contribution in [0.1, 0.15) is 25.3 Å². The van der Waals surface area contributed by atoms with E-state index in [0.717, 1.165) is 22.2 Å². The maximum atomic E-state index is 12.6. The van der Waals surface area contributed by atoms with Crippen LogP contribution >= 0.6 is 11.8 Å². The molecule has 3 rings (SSSR count). The molecule has 30 heavy (non-hydrogen) atoms. The molecular weight excluding hydrogens is 424 g/mol. The van der Waals surface area contributed by atoms with Crippen LogP contribution in [-0.4, -0.2) is 65.9 Å². The van der Waals surface area contributed by atoms with Crippen LogP contribution in [-0.2, 0) is 19.4 Å². The molecule has 0 unspecified atom stereocenters. The second-order valence-electron chi connectivity index (χ2n) is 7.11. The molecule has 1 aromatic carbocycles. The van der Waals surface area contributed by atoms with Gasteiger partial charge >= 0.3 is 0 Å². The number of carbonyl (C=O) groups is 3. The Labute approximate surface area is 180 Å². The molecule has 0 N–H and O–H groups in total. The Balaban J connectivity index is 1.58. The van der Waals surface area contributed by atoms with Crippen LogP contribution in [0, 0.1) is 0 Å². The summed E-state index contributed by atoms with van der Waals surface area (Å²) >= 11 is 0.851. The van der Waals surface area contributed by atoms with Gasteiger partial charge in [0.25, 0.3) is 11.1 Å². The predicted molar refractivity (Wildman–Crippen MR) is 117 cm³/mol. The van der Waals surface area contributed by atoms with E-state index >= 15 is 0 Å². The molecule has 0 spiro atoms. The van der Waals surface area contributed by atoms with Crippen molar-refractivity contribution in [1.29, 1.82) is 0 Å². The van der Waals surface area contributed by atoms with E-state index in [0.29, 0.717) is 17.9 Å². The van der Waals surface area contributed by atoms with Gasteiger partial charge in [0, 0.05) is 25.6 Å². The van der Waals surface area contributed by atoms with Crippen LogP contribution in [0.15, 0.2) is 47.4 Å². The molecule has 0 bridgehead atoms. The van der Waals surface area contributed by atoms with Crippen molar-refractivity contribution in [2.24, 2.45) is 0 Å². The number of hydrogen-bond acceptors (Lipinski definition) is 6. The number of amides is 3. The first kappa shape index (κ1) is 22.3. The lowest BCUT2D eigenvalue weighted by atomic mass is 10.2. The average Bonchev–Trinajstić information content (AvgIpc) is 3.20. The Bertz CT molecular complexity index is 986. The van der Waals surface area contributed by atoms with E-state index in [1.165, 1.54) is 0 Å². The molecule has 7 nitrogen and oxygen atoms in total. The Hall–Kier alpha value is -2.39. The molecule has 1 atom stereocenters. The molecule has 0 saturated carbocycles. The van der Waals surface area contributed by atoms with Gasteiger partial charge in [-0.1, -0.05) is 42.5 Å². The molecule has 3 amide bonds. The van der Waals surface area contributed by atoms with Gasteiger partial charge in [0.1, 0.15) is 0 Å². The van der Waals surface area contributed by atoms with Gasteiger partial charge in [-0.2, -0.15) is 0 Å². The molecule has 1 aromatic rings. The molecule has 9 heteroatoms. The standard InChI is InChI=1S/C21H24N2O5S2/c1-2-22(17-12-14-30(27,28)15-17)19(24)11-13-23-20(25)18(29-21(23)26)10-6-9-16-7-4-3-5-8-16/h3-10,17H,2,11-15H2,1H3/b9-6+,18-10+/t17-/m1/s1. The fourth-order valence-electron chi connectivity index (χ4n) is 3.53. The van der Waals surface area contributed by atoms with Crippen molar-refractivity contribution in [1.82, 2.24) is 9.80 Å². The molecule has 160 valence electrons. The summed E-state index contributed by atoms with van der Waals surface area (Å²) in [5, 5.41) is -0.404. The maximum absolute atomic E-state index is 12.6. The first-order valence-electron chi connectivity index (χ1n) is 9.77. The van der Waals surface area contributed by atoms with Gasteiger partial charge in [-0.15, -0.1) is 0 Å². The van der Waals surface area contributed by atoms with Crippen LogP contribution in [0.25, 0.3) is 6.08 Å². The van der Waals surface area contributed by atoms with E-state index < -0.39 is 21.0 Å². The number of rotatable bonds is 7. The molecule has 2 aliphatic heterocycles. The molecule has 2 fully saturated rings. The number of allylic oxidation sites excluding steroid dienone is 2. The van der Waals surface area contributed by atoms with Crippen LogP contribution < -0.4 is 0 Å². The van der Waals surface area contributed by atoms with Gasteiger partial charge in [-0.3, -0.25) is 19.3 Å². The van der Waals surface area contributed by atoms with Gasteiger partial charge in [-0.25, -0.2) is 8.42 Å². The molecule has 2 aliphatic rings. The highest BCUT2D eigenvalue weighted by Gasteiger charge is 2.37. The van der Waals surface area contributed by atoms with Crippen LogP contribution in [0.2, 0.25) is 0 Å². The van der Waals surface area contributed by atoms with E-state index in [4.69, 9.17) is 0 Å². The fourth-order valence-corrected chi connectivity index (χ4v) is 6.08. The first-order chi connectivity index (χ1) is 14.3. The van der Waals surface area contributed by atoms with Crippen molar-refractivity contribution in [2.75, 3.05) is 24.6 Å². The number of imide groups is 1. The Morgan fingerprint density at radius 3 is 2.63 bits per heavy atom. The highest BCUT2D eigenvalue weighted by molar-refractivity contribution is 8.18. The number of nitrogens with zero attached hydrogens (tertiary/aromatic N) is 2. The second kappa shape index (κ2) is 9.61. The van der Waals surface area contributed by atoms with E-state index in [2.05, 4.69) is 0 Å². The summed E-state index contributed by atoms with van der Waals surface area (Å²) in [5.41, 5.74) is 0.979. The minimum Gasteiger partial charge on any atom is -0.339 e. The van der Waals surface area contributed by atoms with Gasteiger partial charge in [0.15, 0.2) is 9.84 Å². The van der Waals surface area contributed by atoms with Crippen molar-refractivity contribution in [3.63, 3.8) is 0 Å². The Morgan fingerprint density at radius 2 is 2.00 bits per heavy atom. The quantitative estimate of drug-likeness (QED) is 0.596. The Kier molecular flexibility index (Phi) is 7.14. The van der Waals surface area contributed by atoms with Crippen LogP contribution in [0.5, 0.6) is 0 Å². The minimum atomic E-state index is -3.10. The lowest BCUT2D eigenvalue weighted by molar-refractivity contribution is -0.133. The third-order valence-corrected chi connectivity index (χ3v) is 7.74. The summed E-state index contributed by atoms with van der Waals surface area (Å²) in [6.07, 6.45) is 5.57. The van der Waals surface area contributed by atoms with E-state index in [1.807, 2.05) is 36.4 Å². The molecule has 2 saturated heterocycles. The van der Waals surface area contributed by atoms with Crippen molar-refractivity contribution >= 4 is 44.7 Å². The number of benzene rings is 1. The predicted octanol–water partition coefficient (Wildman–Crippen LogP) is 2.70. The average molecular weight is 449 g/mol. The zero-order valence-corrected chi connectivity index (χ0v) is 18.3. The molecule has 0 aromatic heterocycles. The third kappa shape index (κ3) is 5.40. The largest absolute Gasteiger partial charge is 0.339 e. The summed E-state index contributed by atoms with van der Waals surface area (Å²) < 4.78 is 23.4. The van der Waals surface area contributed by atoms with Gasteiger partial charge < -0.3 is 4.90 Å².